The first kappa shape index (κ1) is 12.2. The lowest BCUT2D eigenvalue weighted by Gasteiger charge is -2.14. The lowest BCUT2D eigenvalue weighted by atomic mass is 10.1. The van der Waals surface area contributed by atoms with Gasteiger partial charge in [-0.05, 0) is 43.2 Å². The zero-order valence-corrected chi connectivity index (χ0v) is 11.7. The highest BCUT2D eigenvalue weighted by Crippen LogP contribution is 2.33. The first-order valence-corrected chi connectivity index (χ1v) is 8.08. The third-order valence-electron chi connectivity index (χ3n) is 3.91. The summed E-state index contributed by atoms with van der Waals surface area (Å²) in [7, 11) is 1.56. The van der Waals surface area contributed by atoms with E-state index in [-0.39, 0.29) is 0 Å². The molecule has 1 aliphatic carbocycles. The molecule has 1 heteroatoms. The van der Waals surface area contributed by atoms with Crippen molar-refractivity contribution in [1.82, 2.24) is 0 Å². The standard InChI is InChI=1S/C17H20P/c1-2-4-11-15(10-3-1)18-17-13-7-9-14-8-5-6-12-16(14)17/h5-9,12-13,15H,1-4,10-11H2. The number of benzene rings is 2. The van der Waals surface area contributed by atoms with Crippen molar-refractivity contribution >= 4 is 24.7 Å². The Morgan fingerprint density at radius 1 is 0.778 bits per heavy atom. The minimum Gasteiger partial charge on any atom is -0.0616 e. The second kappa shape index (κ2) is 5.85. The number of hydrogen-bond donors (Lipinski definition) is 0. The summed E-state index contributed by atoms with van der Waals surface area (Å²) in [5.74, 6) is 0. The Labute approximate surface area is 112 Å². The maximum absolute atomic E-state index is 2.31. The molecule has 0 bridgehead atoms. The molecule has 2 aromatic carbocycles. The van der Waals surface area contributed by atoms with Gasteiger partial charge in [0.2, 0.25) is 0 Å². The van der Waals surface area contributed by atoms with Crippen molar-refractivity contribution in [2.45, 2.75) is 44.2 Å². The summed E-state index contributed by atoms with van der Waals surface area (Å²) < 4.78 is 0. The summed E-state index contributed by atoms with van der Waals surface area (Å²) >= 11 is 0. The van der Waals surface area contributed by atoms with Gasteiger partial charge in [0.05, 0.1) is 0 Å². The van der Waals surface area contributed by atoms with Crippen molar-refractivity contribution in [3.05, 3.63) is 42.5 Å². The van der Waals surface area contributed by atoms with E-state index in [1.165, 1.54) is 54.6 Å². The summed E-state index contributed by atoms with van der Waals surface area (Å²) in [6, 6.07) is 15.5. The average molecular weight is 255 g/mol. The maximum Gasteiger partial charge on any atom is -0.0103 e. The number of rotatable bonds is 2. The van der Waals surface area contributed by atoms with E-state index in [4.69, 9.17) is 0 Å². The van der Waals surface area contributed by atoms with Crippen LogP contribution in [0.1, 0.15) is 38.5 Å². The lowest BCUT2D eigenvalue weighted by molar-refractivity contribution is 0.702. The molecule has 1 fully saturated rings. The van der Waals surface area contributed by atoms with Gasteiger partial charge in [0.25, 0.3) is 0 Å². The Morgan fingerprint density at radius 3 is 2.33 bits per heavy atom. The van der Waals surface area contributed by atoms with E-state index in [9.17, 15) is 0 Å². The maximum atomic E-state index is 2.31. The van der Waals surface area contributed by atoms with Crippen LogP contribution in [0.3, 0.4) is 0 Å². The minimum absolute atomic E-state index is 0.887. The first-order chi connectivity index (χ1) is 8.93. The monoisotopic (exact) mass is 255 g/mol. The van der Waals surface area contributed by atoms with Gasteiger partial charge in [0.1, 0.15) is 0 Å². The molecule has 2 aromatic rings. The molecule has 1 radical (unpaired) electrons. The van der Waals surface area contributed by atoms with Crippen LogP contribution in [0, 0.1) is 0 Å². The molecule has 93 valence electrons. The fraction of sp³-hybridized carbons (Fsp3) is 0.412. The smallest absolute Gasteiger partial charge is 0.0103 e. The van der Waals surface area contributed by atoms with E-state index in [2.05, 4.69) is 42.5 Å². The van der Waals surface area contributed by atoms with Crippen molar-refractivity contribution in [1.29, 1.82) is 0 Å². The third kappa shape index (κ3) is 2.75. The molecule has 1 aliphatic rings. The molecule has 3 rings (SSSR count). The van der Waals surface area contributed by atoms with E-state index in [0.717, 1.165) is 5.66 Å². The van der Waals surface area contributed by atoms with Crippen molar-refractivity contribution < 1.29 is 0 Å². The zero-order valence-electron chi connectivity index (χ0n) is 10.8. The highest BCUT2D eigenvalue weighted by Gasteiger charge is 2.14. The third-order valence-corrected chi connectivity index (χ3v) is 5.46. The second-order valence-corrected chi connectivity index (χ2v) is 6.74. The van der Waals surface area contributed by atoms with Gasteiger partial charge in [-0.15, -0.1) is 0 Å². The fourth-order valence-corrected chi connectivity index (χ4v) is 4.44. The molecule has 0 aliphatic heterocycles. The normalized spacial score (nSPS) is 18.4. The largest absolute Gasteiger partial charge is 0.0616 e. The van der Waals surface area contributed by atoms with Crippen LogP contribution < -0.4 is 5.30 Å². The van der Waals surface area contributed by atoms with Crippen LogP contribution in [-0.2, 0) is 0 Å². The topological polar surface area (TPSA) is 0 Å². The van der Waals surface area contributed by atoms with Crippen LogP contribution in [-0.4, -0.2) is 5.66 Å². The molecule has 0 aromatic heterocycles. The van der Waals surface area contributed by atoms with E-state index >= 15 is 0 Å². The molecule has 0 nitrogen and oxygen atoms in total. The van der Waals surface area contributed by atoms with Crippen LogP contribution >= 0.6 is 8.58 Å². The molecular formula is C17H20P. The quantitative estimate of drug-likeness (QED) is 0.515. The molecule has 0 saturated heterocycles. The van der Waals surface area contributed by atoms with Crippen LogP contribution in [0.4, 0.5) is 0 Å². The predicted molar refractivity (Wildman–Crippen MR) is 82.0 cm³/mol. The highest BCUT2D eigenvalue weighted by molar-refractivity contribution is 7.48. The summed E-state index contributed by atoms with van der Waals surface area (Å²) in [4.78, 5) is 0. The van der Waals surface area contributed by atoms with Crippen molar-refractivity contribution in [2.75, 3.05) is 0 Å². The van der Waals surface area contributed by atoms with E-state index in [1.54, 1.807) is 8.58 Å². The minimum atomic E-state index is 0.887. The molecule has 1 saturated carbocycles. The fourth-order valence-electron chi connectivity index (χ4n) is 2.90. The van der Waals surface area contributed by atoms with Crippen LogP contribution in [0.25, 0.3) is 10.8 Å². The first-order valence-electron chi connectivity index (χ1n) is 7.12. The van der Waals surface area contributed by atoms with Crippen molar-refractivity contribution in [3.63, 3.8) is 0 Å². The number of hydrogen-bond acceptors (Lipinski definition) is 0. The van der Waals surface area contributed by atoms with Gasteiger partial charge in [-0.1, -0.05) is 68.1 Å². The molecular weight excluding hydrogens is 235 g/mol. The molecule has 0 unspecified atom stereocenters. The van der Waals surface area contributed by atoms with Crippen molar-refractivity contribution in [2.24, 2.45) is 0 Å². The van der Waals surface area contributed by atoms with E-state index in [1.807, 2.05) is 0 Å². The number of fused-ring (bicyclic) bond motifs is 1. The Morgan fingerprint density at radius 2 is 1.50 bits per heavy atom. The summed E-state index contributed by atoms with van der Waals surface area (Å²) in [6.07, 6.45) is 8.60. The van der Waals surface area contributed by atoms with Gasteiger partial charge in [-0.3, -0.25) is 0 Å². The van der Waals surface area contributed by atoms with Gasteiger partial charge in [-0.25, -0.2) is 0 Å². The predicted octanol–water partition coefficient (Wildman–Crippen LogP) is 5.13. The highest BCUT2D eigenvalue weighted by atomic mass is 31.1. The Kier molecular flexibility index (Phi) is 3.96. The lowest BCUT2D eigenvalue weighted by Crippen LogP contribution is -2.06. The molecule has 0 spiro atoms. The summed E-state index contributed by atoms with van der Waals surface area (Å²) in [5.41, 5.74) is 0.887. The summed E-state index contributed by atoms with van der Waals surface area (Å²) in [5, 5.41) is 4.36. The Balaban J connectivity index is 1.85. The zero-order chi connectivity index (χ0) is 12.2. The van der Waals surface area contributed by atoms with Gasteiger partial charge >= 0.3 is 0 Å². The van der Waals surface area contributed by atoms with Crippen LogP contribution in [0.5, 0.6) is 0 Å². The van der Waals surface area contributed by atoms with Gasteiger partial charge < -0.3 is 0 Å². The molecule has 0 N–H and O–H groups in total. The van der Waals surface area contributed by atoms with Crippen molar-refractivity contribution in [3.8, 4) is 0 Å². The molecule has 0 heterocycles. The molecule has 0 atom stereocenters. The van der Waals surface area contributed by atoms with Crippen LogP contribution in [0.15, 0.2) is 42.5 Å². The Bertz CT molecular complexity index is 505. The van der Waals surface area contributed by atoms with Gasteiger partial charge in [0, 0.05) is 0 Å². The molecule has 0 amide bonds. The average Bonchev–Trinajstić information content (AvgIpc) is 2.68. The molecule has 18 heavy (non-hydrogen) atoms. The Hall–Kier alpha value is -0.870. The van der Waals surface area contributed by atoms with E-state index < -0.39 is 0 Å². The SMILES string of the molecule is c1ccc2c([P]C3CCCCCC3)cccc2c1. The van der Waals surface area contributed by atoms with E-state index in [0.29, 0.717) is 0 Å². The van der Waals surface area contributed by atoms with Gasteiger partial charge in [-0.2, -0.15) is 0 Å². The van der Waals surface area contributed by atoms with Crippen LogP contribution in [0.2, 0.25) is 0 Å². The summed E-state index contributed by atoms with van der Waals surface area (Å²) in [6.45, 7) is 0. The van der Waals surface area contributed by atoms with Gasteiger partial charge in [0.15, 0.2) is 0 Å². The second-order valence-electron chi connectivity index (χ2n) is 5.27.